The molecule has 8 heteroatoms. The fourth-order valence-electron chi connectivity index (χ4n) is 2.66. The van der Waals surface area contributed by atoms with Gasteiger partial charge in [0.1, 0.15) is 21.2 Å². The van der Waals surface area contributed by atoms with Gasteiger partial charge in [-0.1, -0.05) is 0 Å². The van der Waals surface area contributed by atoms with Crippen molar-refractivity contribution in [1.29, 1.82) is 0 Å². The molecule has 0 spiro atoms. The van der Waals surface area contributed by atoms with Crippen LogP contribution in [0.1, 0.15) is 23.5 Å². The van der Waals surface area contributed by atoms with E-state index in [1.165, 1.54) is 6.26 Å². The van der Waals surface area contributed by atoms with Gasteiger partial charge in [-0.25, -0.2) is 18.4 Å². The second-order valence-corrected chi connectivity index (χ2v) is 8.07. The van der Waals surface area contributed by atoms with Crippen molar-refractivity contribution in [1.82, 2.24) is 14.5 Å². The highest BCUT2D eigenvalue weighted by molar-refractivity contribution is 7.90. The highest BCUT2D eigenvalue weighted by Crippen LogP contribution is 2.26. The predicted molar refractivity (Wildman–Crippen MR) is 91.3 cm³/mol. The Balaban J connectivity index is 2.48. The zero-order valence-corrected chi connectivity index (χ0v) is 14.9. The molecule has 0 aromatic carbocycles. The summed E-state index contributed by atoms with van der Waals surface area (Å²) in [6.07, 6.45) is 2.43. The maximum absolute atomic E-state index is 11.4. The molecule has 0 bridgehead atoms. The third kappa shape index (κ3) is 4.00. The number of rotatable bonds is 7. The molecule has 2 aromatic heterocycles. The topological polar surface area (TPSA) is 100 Å². The lowest BCUT2D eigenvalue weighted by Crippen LogP contribution is -2.11. The number of nitrogen functional groups attached to an aromatic ring is 1. The summed E-state index contributed by atoms with van der Waals surface area (Å²) in [6.45, 7) is 5.01. The van der Waals surface area contributed by atoms with Gasteiger partial charge in [-0.3, -0.25) is 0 Å². The molecule has 0 aliphatic rings. The number of aromatic nitrogens is 3. The molecule has 128 valence electrons. The number of nitrogens with zero attached hydrogens (tertiary/aromatic N) is 3. The number of pyridine rings is 1. The van der Waals surface area contributed by atoms with Crippen LogP contribution >= 0.6 is 0 Å². The summed E-state index contributed by atoms with van der Waals surface area (Å²) in [7, 11) is -1.34. The zero-order valence-electron chi connectivity index (χ0n) is 14.1. The Bertz CT molecular complexity index is 812. The first-order valence-electron chi connectivity index (χ1n) is 7.53. The lowest BCUT2D eigenvalue weighted by Gasteiger charge is -2.11. The highest BCUT2D eigenvalue weighted by Gasteiger charge is 2.17. The summed E-state index contributed by atoms with van der Waals surface area (Å²) in [4.78, 5) is 8.94. The number of aryl methyl sites for hydroxylation is 3. The minimum Gasteiger partial charge on any atom is -0.384 e. The van der Waals surface area contributed by atoms with Crippen LogP contribution in [-0.4, -0.2) is 48.7 Å². The molecule has 7 nitrogen and oxygen atoms in total. The summed E-state index contributed by atoms with van der Waals surface area (Å²) in [5.74, 6) is 1.40. The van der Waals surface area contributed by atoms with Crippen LogP contribution in [0.2, 0.25) is 0 Å². The standard InChI is InChI=1S/C15H24N4O3S/c1-10-11(2)17-15(16)13-14(10)19(7-5-9-23(4,20)21)12(18-13)6-8-22-3/h5-9H2,1-4H3,(H2,16,17). The SMILES string of the molecule is COCCc1nc2c(N)nc(C)c(C)c2n1CCCS(C)(=O)=O. The van der Waals surface area contributed by atoms with Crippen LogP contribution < -0.4 is 5.73 Å². The molecule has 0 saturated carbocycles. The molecule has 0 unspecified atom stereocenters. The summed E-state index contributed by atoms with van der Waals surface area (Å²) >= 11 is 0. The van der Waals surface area contributed by atoms with Gasteiger partial charge in [0.05, 0.1) is 17.9 Å². The van der Waals surface area contributed by atoms with Gasteiger partial charge in [0.2, 0.25) is 0 Å². The van der Waals surface area contributed by atoms with Crippen molar-refractivity contribution in [3.63, 3.8) is 0 Å². The average molecular weight is 340 g/mol. The Labute approximate surface area is 136 Å². The van der Waals surface area contributed by atoms with Crippen molar-refractivity contribution in [2.45, 2.75) is 33.2 Å². The Morgan fingerprint density at radius 2 is 1.96 bits per heavy atom. The van der Waals surface area contributed by atoms with Gasteiger partial charge in [-0.05, 0) is 25.8 Å². The van der Waals surface area contributed by atoms with E-state index in [1.807, 2.05) is 13.8 Å². The van der Waals surface area contributed by atoms with E-state index in [0.717, 1.165) is 22.6 Å². The van der Waals surface area contributed by atoms with E-state index in [2.05, 4.69) is 14.5 Å². The third-order valence-corrected chi connectivity index (χ3v) is 4.93. The first kappa shape index (κ1) is 17.7. The summed E-state index contributed by atoms with van der Waals surface area (Å²) in [5, 5.41) is 0. The van der Waals surface area contributed by atoms with Crippen LogP contribution in [0.3, 0.4) is 0 Å². The average Bonchev–Trinajstić information content (AvgIpc) is 2.81. The Hall–Kier alpha value is -1.67. The van der Waals surface area contributed by atoms with E-state index in [0.29, 0.717) is 37.3 Å². The summed E-state index contributed by atoms with van der Waals surface area (Å²) < 4.78 is 30.0. The first-order valence-corrected chi connectivity index (χ1v) is 9.59. The quantitative estimate of drug-likeness (QED) is 0.814. The van der Waals surface area contributed by atoms with Crippen molar-refractivity contribution in [3.05, 3.63) is 17.1 Å². The molecule has 0 saturated heterocycles. The van der Waals surface area contributed by atoms with Crippen molar-refractivity contribution in [3.8, 4) is 0 Å². The number of hydrogen-bond donors (Lipinski definition) is 1. The molecule has 2 aromatic rings. The van der Waals surface area contributed by atoms with Gasteiger partial charge >= 0.3 is 0 Å². The summed E-state index contributed by atoms with van der Waals surface area (Å²) in [6, 6.07) is 0. The molecule has 0 atom stereocenters. The maximum atomic E-state index is 11.4. The molecular weight excluding hydrogens is 316 g/mol. The fourth-order valence-corrected chi connectivity index (χ4v) is 3.31. The monoisotopic (exact) mass is 340 g/mol. The molecular formula is C15H24N4O3S. The first-order chi connectivity index (χ1) is 10.7. The number of anilines is 1. The van der Waals surface area contributed by atoms with Crippen molar-refractivity contribution >= 4 is 26.7 Å². The lowest BCUT2D eigenvalue weighted by atomic mass is 10.2. The second kappa shape index (κ2) is 6.84. The number of fused-ring (bicyclic) bond motifs is 1. The minimum atomic E-state index is -2.98. The summed E-state index contributed by atoms with van der Waals surface area (Å²) in [5.41, 5.74) is 9.52. The van der Waals surface area contributed by atoms with Crippen LogP contribution in [0, 0.1) is 13.8 Å². The Morgan fingerprint density at radius 3 is 2.57 bits per heavy atom. The van der Waals surface area contributed by atoms with Crippen molar-refractivity contribution in [2.75, 3.05) is 31.5 Å². The van der Waals surface area contributed by atoms with Crippen molar-refractivity contribution in [2.24, 2.45) is 0 Å². The molecule has 0 fully saturated rings. The van der Waals surface area contributed by atoms with Gasteiger partial charge in [-0.2, -0.15) is 0 Å². The molecule has 0 aliphatic carbocycles. The van der Waals surface area contributed by atoms with Crippen LogP contribution in [0.15, 0.2) is 0 Å². The number of nitrogens with two attached hydrogens (primary N) is 1. The molecule has 0 amide bonds. The number of sulfone groups is 1. The maximum Gasteiger partial charge on any atom is 0.151 e. The van der Waals surface area contributed by atoms with E-state index >= 15 is 0 Å². The van der Waals surface area contributed by atoms with Gasteiger partial charge in [0.15, 0.2) is 5.82 Å². The second-order valence-electron chi connectivity index (χ2n) is 5.81. The minimum absolute atomic E-state index is 0.148. The Morgan fingerprint density at radius 1 is 1.26 bits per heavy atom. The van der Waals surface area contributed by atoms with Gasteiger partial charge in [0, 0.05) is 32.0 Å². The number of methoxy groups -OCH3 is 1. The predicted octanol–water partition coefficient (Wildman–Crippen LogP) is 1.25. The fraction of sp³-hybridized carbons (Fsp3) is 0.600. The van der Waals surface area contributed by atoms with E-state index in [4.69, 9.17) is 10.5 Å². The van der Waals surface area contributed by atoms with E-state index in [1.54, 1.807) is 7.11 Å². The van der Waals surface area contributed by atoms with E-state index < -0.39 is 9.84 Å². The van der Waals surface area contributed by atoms with Gasteiger partial charge in [0.25, 0.3) is 0 Å². The largest absolute Gasteiger partial charge is 0.384 e. The molecule has 2 heterocycles. The van der Waals surface area contributed by atoms with Crippen LogP contribution in [0.25, 0.3) is 11.0 Å². The van der Waals surface area contributed by atoms with Crippen LogP contribution in [0.5, 0.6) is 0 Å². The lowest BCUT2D eigenvalue weighted by molar-refractivity contribution is 0.199. The smallest absolute Gasteiger partial charge is 0.151 e. The van der Waals surface area contributed by atoms with E-state index in [9.17, 15) is 8.42 Å². The van der Waals surface area contributed by atoms with Gasteiger partial charge in [-0.15, -0.1) is 0 Å². The molecule has 0 aliphatic heterocycles. The molecule has 2 N–H and O–H groups in total. The normalized spacial score (nSPS) is 12.2. The Kier molecular flexibility index (Phi) is 5.26. The van der Waals surface area contributed by atoms with Gasteiger partial charge < -0.3 is 15.0 Å². The molecule has 0 radical (unpaired) electrons. The molecule has 2 rings (SSSR count). The van der Waals surface area contributed by atoms with E-state index in [-0.39, 0.29) is 5.75 Å². The number of imidazole rings is 1. The van der Waals surface area contributed by atoms with Crippen LogP contribution in [0.4, 0.5) is 5.82 Å². The molecule has 23 heavy (non-hydrogen) atoms. The zero-order chi connectivity index (χ0) is 17.2. The number of hydrogen-bond acceptors (Lipinski definition) is 6. The van der Waals surface area contributed by atoms with Crippen molar-refractivity contribution < 1.29 is 13.2 Å². The highest BCUT2D eigenvalue weighted by atomic mass is 32.2. The number of ether oxygens (including phenoxy) is 1. The third-order valence-electron chi connectivity index (χ3n) is 3.90. The van der Waals surface area contributed by atoms with Crippen LogP contribution in [-0.2, 0) is 27.5 Å².